The van der Waals surface area contributed by atoms with E-state index in [0.29, 0.717) is 5.89 Å². The third-order valence-electron chi connectivity index (χ3n) is 2.43. The molecule has 1 aromatic carbocycles. The zero-order valence-electron chi connectivity index (χ0n) is 9.55. The second-order valence-corrected chi connectivity index (χ2v) is 3.73. The van der Waals surface area contributed by atoms with Crippen molar-refractivity contribution in [2.45, 2.75) is 20.4 Å². The summed E-state index contributed by atoms with van der Waals surface area (Å²) in [5.41, 5.74) is 0.889. The number of anilines is 1. The lowest BCUT2D eigenvalue weighted by molar-refractivity contribution is 0.477. The number of hydrogen-bond acceptors (Lipinski definition) is 3. The van der Waals surface area contributed by atoms with Crippen LogP contribution in [0, 0.1) is 25.5 Å². The van der Waals surface area contributed by atoms with Crippen LogP contribution in [0.5, 0.6) is 0 Å². The largest absolute Gasteiger partial charge is 0.444 e. The summed E-state index contributed by atoms with van der Waals surface area (Å²) in [6, 6.07) is 3.24. The molecule has 1 aromatic heterocycles. The maximum absolute atomic E-state index is 13.3. The monoisotopic (exact) mass is 238 g/mol. The van der Waals surface area contributed by atoms with Gasteiger partial charge in [0.25, 0.3) is 0 Å². The molecule has 1 heterocycles. The molecule has 1 N–H and O–H groups in total. The number of benzene rings is 1. The van der Waals surface area contributed by atoms with Gasteiger partial charge in [-0.05, 0) is 32.0 Å². The summed E-state index contributed by atoms with van der Waals surface area (Å²) in [7, 11) is 0. The number of nitrogens with one attached hydrogen (secondary N) is 1. The quantitative estimate of drug-likeness (QED) is 0.892. The average Bonchev–Trinajstić information content (AvgIpc) is 2.60. The summed E-state index contributed by atoms with van der Waals surface area (Å²) in [5.74, 6) is 0.172. The van der Waals surface area contributed by atoms with Crippen LogP contribution in [0.25, 0.3) is 0 Å². The number of aryl methyl sites for hydroxylation is 2. The molecule has 0 fully saturated rings. The lowest BCUT2D eigenvalue weighted by atomic mass is 10.3. The van der Waals surface area contributed by atoms with Gasteiger partial charge in [0.2, 0.25) is 5.89 Å². The zero-order chi connectivity index (χ0) is 12.4. The normalized spacial score (nSPS) is 10.6. The maximum Gasteiger partial charge on any atom is 0.213 e. The van der Waals surface area contributed by atoms with Crippen LogP contribution in [0.2, 0.25) is 0 Å². The van der Waals surface area contributed by atoms with Crippen LogP contribution in [-0.4, -0.2) is 4.98 Å². The summed E-state index contributed by atoms with van der Waals surface area (Å²) < 4.78 is 31.5. The van der Waals surface area contributed by atoms with Crippen LogP contribution in [0.1, 0.15) is 17.3 Å². The third-order valence-corrected chi connectivity index (χ3v) is 2.43. The Bertz CT molecular complexity index is 518. The number of aromatic nitrogens is 1. The minimum Gasteiger partial charge on any atom is -0.444 e. The van der Waals surface area contributed by atoms with Crippen molar-refractivity contribution in [3.05, 3.63) is 47.2 Å². The summed E-state index contributed by atoms with van der Waals surface area (Å²) in [6.45, 7) is 3.84. The fourth-order valence-electron chi connectivity index (χ4n) is 1.42. The van der Waals surface area contributed by atoms with Gasteiger partial charge in [0.1, 0.15) is 17.4 Å². The predicted molar refractivity (Wildman–Crippen MR) is 59.7 cm³/mol. The first-order valence-electron chi connectivity index (χ1n) is 5.18. The van der Waals surface area contributed by atoms with Crippen molar-refractivity contribution in [3.8, 4) is 0 Å². The van der Waals surface area contributed by atoms with Gasteiger partial charge in [-0.25, -0.2) is 13.8 Å². The van der Waals surface area contributed by atoms with Gasteiger partial charge in [0.05, 0.1) is 17.9 Å². The Morgan fingerprint density at radius 3 is 2.71 bits per heavy atom. The highest BCUT2D eigenvalue weighted by Gasteiger charge is 2.07. The van der Waals surface area contributed by atoms with E-state index in [1.807, 2.05) is 6.92 Å². The van der Waals surface area contributed by atoms with E-state index >= 15 is 0 Å². The lowest BCUT2D eigenvalue weighted by Crippen LogP contribution is -2.02. The Balaban J connectivity index is 2.09. The van der Waals surface area contributed by atoms with Gasteiger partial charge in [0, 0.05) is 0 Å². The van der Waals surface area contributed by atoms with E-state index < -0.39 is 11.6 Å². The van der Waals surface area contributed by atoms with Crippen LogP contribution in [-0.2, 0) is 6.54 Å². The average molecular weight is 238 g/mol. The molecule has 0 amide bonds. The van der Waals surface area contributed by atoms with Gasteiger partial charge < -0.3 is 9.73 Å². The van der Waals surface area contributed by atoms with Crippen LogP contribution < -0.4 is 5.32 Å². The highest BCUT2D eigenvalue weighted by Crippen LogP contribution is 2.17. The number of oxazole rings is 1. The molecule has 0 saturated carbocycles. The van der Waals surface area contributed by atoms with Crippen molar-refractivity contribution < 1.29 is 13.2 Å². The van der Waals surface area contributed by atoms with Crippen LogP contribution >= 0.6 is 0 Å². The van der Waals surface area contributed by atoms with Gasteiger partial charge in [-0.3, -0.25) is 0 Å². The molecule has 0 atom stereocenters. The molecule has 3 nitrogen and oxygen atoms in total. The zero-order valence-corrected chi connectivity index (χ0v) is 9.55. The number of nitrogens with zero attached hydrogens (tertiary/aromatic N) is 1. The molecule has 0 aliphatic rings. The van der Waals surface area contributed by atoms with E-state index in [1.54, 1.807) is 6.92 Å². The molecule has 0 unspecified atom stereocenters. The second kappa shape index (κ2) is 4.53. The molecule has 2 rings (SSSR count). The van der Waals surface area contributed by atoms with E-state index in [9.17, 15) is 8.78 Å². The maximum atomic E-state index is 13.3. The van der Waals surface area contributed by atoms with Crippen molar-refractivity contribution >= 4 is 5.69 Å². The molecule has 17 heavy (non-hydrogen) atoms. The summed E-state index contributed by atoms with van der Waals surface area (Å²) >= 11 is 0. The molecule has 90 valence electrons. The molecule has 0 bridgehead atoms. The minimum absolute atomic E-state index is 0.0958. The van der Waals surface area contributed by atoms with Crippen LogP contribution in [0.4, 0.5) is 14.5 Å². The van der Waals surface area contributed by atoms with Crippen molar-refractivity contribution in [2.75, 3.05) is 5.32 Å². The van der Waals surface area contributed by atoms with E-state index in [4.69, 9.17) is 4.42 Å². The molecule has 5 heteroatoms. The van der Waals surface area contributed by atoms with Crippen molar-refractivity contribution in [1.82, 2.24) is 4.98 Å². The van der Waals surface area contributed by atoms with Crippen molar-refractivity contribution in [2.24, 2.45) is 0 Å². The van der Waals surface area contributed by atoms with E-state index in [-0.39, 0.29) is 12.2 Å². The Kier molecular flexibility index (Phi) is 3.08. The Morgan fingerprint density at radius 1 is 1.29 bits per heavy atom. The minimum atomic E-state index is -0.508. The van der Waals surface area contributed by atoms with E-state index in [0.717, 1.165) is 29.7 Å². The van der Waals surface area contributed by atoms with Gasteiger partial charge in [-0.1, -0.05) is 0 Å². The third kappa shape index (κ3) is 2.61. The first-order valence-corrected chi connectivity index (χ1v) is 5.18. The standard InChI is InChI=1S/C12H12F2N2O/c1-7-8(2)17-12(16-7)6-15-11-5-9(13)3-4-10(11)14/h3-5,15H,6H2,1-2H3. The number of hydrogen-bond donors (Lipinski definition) is 1. The Labute approximate surface area is 97.5 Å². The van der Waals surface area contributed by atoms with Crippen LogP contribution in [0.3, 0.4) is 0 Å². The Hall–Kier alpha value is -1.91. The lowest BCUT2D eigenvalue weighted by Gasteiger charge is -2.04. The van der Waals surface area contributed by atoms with Gasteiger partial charge in [-0.2, -0.15) is 0 Å². The predicted octanol–water partition coefficient (Wildman–Crippen LogP) is 3.18. The highest BCUT2D eigenvalue weighted by molar-refractivity contribution is 5.44. The second-order valence-electron chi connectivity index (χ2n) is 3.73. The van der Waals surface area contributed by atoms with Gasteiger partial charge in [-0.15, -0.1) is 0 Å². The molecule has 0 aliphatic heterocycles. The first kappa shape index (κ1) is 11.6. The van der Waals surface area contributed by atoms with Crippen molar-refractivity contribution in [3.63, 3.8) is 0 Å². The molecule has 0 spiro atoms. The van der Waals surface area contributed by atoms with E-state index in [2.05, 4.69) is 10.3 Å². The summed E-state index contributed by atoms with van der Waals surface area (Å²) in [4.78, 5) is 4.13. The molecule has 0 saturated heterocycles. The molecular formula is C12H12F2N2O. The Morgan fingerprint density at radius 2 is 2.06 bits per heavy atom. The fraction of sp³-hybridized carbons (Fsp3) is 0.250. The van der Waals surface area contributed by atoms with E-state index in [1.165, 1.54) is 0 Å². The smallest absolute Gasteiger partial charge is 0.213 e. The summed E-state index contributed by atoms with van der Waals surface area (Å²) in [5, 5.41) is 2.74. The SMILES string of the molecule is Cc1nc(CNc2cc(F)ccc2F)oc1C. The topological polar surface area (TPSA) is 38.1 Å². The fourth-order valence-corrected chi connectivity index (χ4v) is 1.42. The first-order chi connectivity index (χ1) is 8.06. The van der Waals surface area contributed by atoms with Gasteiger partial charge in [0.15, 0.2) is 0 Å². The molecule has 0 radical (unpaired) electrons. The number of rotatable bonds is 3. The number of halogens is 2. The van der Waals surface area contributed by atoms with Gasteiger partial charge >= 0.3 is 0 Å². The molecular weight excluding hydrogens is 226 g/mol. The van der Waals surface area contributed by atoms with Crippen molar-refractivity contribution in [1.29, 1.82) is 0 Å². The summed E-state index contributed by atoms with van der Waals surface area (Å²) in [6.07, 6.45) is 0. The van der Waals surface area contributed by atoms with Crippen LogP contribution in [0.15, 0.2) is 22.6 Å². The molecule has 0 aliphatic carbocycles. The highest BCUT2D eigenvalue weighted by atomic mass is 19.1. The molecule has 2 aromatic rings.